The molecule has 5 rings (SSSR count). The number of likely N-dealkylation sites (N-methyl/N-ethyl adjacent to an activating group) is 1. The van der Waals surface area contributed by atoms with Gasteiger partial charge in [-0.2, -0.15) is 10.2 Å². The van der Waals surface area contributed by atoms with E-state index >= 15 is 0 Å². The molecule has 1 aliphatic heterocycles. The number of fused-ring (bicyclic) bond motifs is 2. The molecule has 1 unspecified atom stereocenters. The highest BCUT2D eigenvalue weighted by molar-refractivity contribution is 5.87. The molecule has 3 aromatic rings. The van der Waals surface area contributed by atoms with Crippen LogP contribution in [0.4, 0.5) is 0 Å². The summed E-state index contributed by atoms with van der Waals surface area (Å²) in [6.07, 6.45) is 1.96. The summed E-state index contributed by atoms with van der Waals surface area (Å²) in [6, 6.07) is 13.4. The zero-order valence-electron chi connectivity index (χ0n) is 21.4. The third-order valence-corrected chi connectivity index (χ3v) is 7.14. The molecule has 1 aliphatic carbocycles. The van der Waals surface area contributed by atoms with E-state index in [9.17, 15) is 14.9 Å². The van der Waals surface area contributed by atoms with Crippen LogP contribution >= 0.6 is 0 Å². The second kappa shape index (κ2) is 9.36. The Morgan fingerprint density at radius 2 is 2.11 bits per heavy atom. The lowest BCUT2D eigenvalue weighted by molar-refractivity contribution is -0.136. The second-order valence-electron chi connectivity index (χ2n) is 10.2. The summed E-state index contributed by atoms with van der Waals surface area (Å²) in [5.41, 5.74) is 3.83. The number of amides is 2. The van der Waals surface area contributed by atoms with Gasteiger partial charge >= 0.3 is 0 Å². The summed E-state index contributed by atoms with van der Waals surface area (Å²) in [7, 11) is 3.40. The SMILES string of the molecule is CC(C)Oc1ccc(-c2nc(-c3cccc4c3CCC43CC(=O)N(CC(=O)N(C)C)C3)no2)cc1C#N. The number of carbonyl (C=O) groups is 2. The van der Waals surface area contributed by atoms with Crippen molar-refractivity contribution < 1.29 is 18.8 Å². The summed E-state index contributed by atoms with van der Waals surface area (Å²) in [4.78, 5) is 32.9. The third kappa shape index (κ3) is 4.44. The lowest BCUT2D eigenvalue weighted by atomic mass is 9.80. The van der Waals surface area contributed by atoms with E-state index < -0.39 is 0 Å². The van der Waals surface area contributed by atoms with Crippen LogP contribution in [0, 0.1) is 11.3 Å². The molecule has 9 nitrogen and oxygen atoms in total. The molecular weight excluding hydrogens is 470 g/mol. The number of carbonyl (C=O) groups excluding carboxylic acids is 2. The van der Waals surface area contributed by atoms with Crippen molar-refractivity contribution in [2.24, 2.45) is 0 Å². The fourth-order valence-corrected chi connectivity index (χ4v) is 5.33. The number of hydrogen-bond donors (Lipinski definition) is 0. The number of likely N-dealkylation sites (tertiary alicyclic amines) is 1. The quantitative estimate of drug-likeness (QED) is 0.510. The largest absolute Gasteiger partial charge is 0.490 e. The zero-order valence-corrected chi connectivity index (χ0v) is 21.4. The minimum Gasteiger partial charge on any atom is -0.490 e. The predicted molar refractivity (Wildman–Crippen MR) is 136 cm³/mol. The highest BCUT2D eigenvalue weighted by Crippen LogP contribution is 2.48. The molecule has 2 heterocycles. The minimum absolute atomic E-state index is 0.00786. The molecule has 0 saturated carbocycles. The van der Waals surface area contributed by atoms with Gasteiger partial charge in [0, 0.05) is 43.6 Å². The Morgan fingerprint density at radius 3 is 2.84 bits per heavy atom. The van der Waals surface area contributed by atoms with Crippen LogP contribution in [-0.4, -0.2) is 65.0 Å². The lowest BCUT2D eigenvalue weighted by Crippen LogP contribution is -2.38. The molecule has 2 aromatic carbocycles. The van der Waals surface area contributed by atoms with Gasteiger partial charge in [-0.3, -0.25) is 9.59 Å². The highest BCUT2D eigenvalue weighted by Gasteiger charge is 2.49. The zero-order chi connectivity index (χ0) is 26.3. The van der Waals surface area contributed by atoms with Gasteiger partial charge in [-0.05, 0) is 56.0 Å². The van der Waals surface area contributed by atoms with Crippen LogP contribution in [0.1, 0.15) is 43.4 Å². The van der Waals surface area contributed by atoms with Crippen LogP contribution in [-0.2, 0) is 21.4 Å². The summed E-state index contributed by atoms with van der Waals surface area (Å²) < 4.78 is 11.3. The van der Waals surface area contributed by atoms with Crippen molar-refractivity contribution in [3.8, 4) is 34.7 Å². The van der Waals surface area contributed by atoms with Crippen LogP contribution in [0.25, 0.3) is 22.8 Å². The Bertz CT molecular complexity index is 1420. The van der Waals surface area contributed by atoms with Crippen molar-refractivity contribution in [1.29, 1.82) is 5.26 Å². The Balaban J connectivity index is 1.43. The molecule has 1 spiro atoms. The van der Waals surface area contributed by atoms with Gasteiger partial charge < -0.3 is 19.1 Å². The van der Waals surface area contributed by atoms with Crippen LogP contribution < -0.4 is 4.74 Å². The van der Waals surface area contributed by atoms with Gasteiger partial charge in [-0.1, -0.05) is 23.4 Å². The maximum absolute atomic E-state index is 12.8. The normalized spacial score (nSPS) is 18.4. The first-order valence-corrected chi connectivity index (χ1v) is 12.4. The molecular formula is C28H29N5O4. The Labute approximate surface area is 215 Å². The monoisotopic (exact) mass is 499 g/mol. The van der Waals surface area contributed by atoms with Crippen LogP contribution in [0.2, 0.25) is 0 Å². The fraction of sp³-hybridized carbons (Fsp3) is 0.393. The molecule has 0 bridgehead atoms. The van der Waals surface area contributed by atoms with E-state index in [1.54, 1.807) is 37.2 Å². The standard InChI is InChI=1S/C28H29N5O4/c1-17(2)36-23-9-8-18(12-19(23)14-29)27-30-26(31-37-27)21-6-5-7-22-20(21)10-11-28(22)13-24(34)33(16-28)15-25(35)32(3)4/h5-9,12,17H,10-11,13,15-16H2,1-4H3. The first-order valence-electron chi connectivity index (χ1n) is 12.4. The van der Waals surface area contributed by atoms with Crippen LogP contribution in [0.5, 0.6) is 5.75 Å². The Morgan fingerprint density at radius 1 is 1.30 bits per heavy atom. The Kier molecular flexibility index (Phi) is 6.20. The molecule has 2 aliphatic rings. The van der Waals surface area contributed by atoms with Crippen molar-refractivity contribution in [1.82, 2.24) is 19.9 Å². The van der Waals surface area contributed by atoms with Gasteiger partial charge in [0.05, 0.1) is 18.2 Å². The summed E-state index contributed by atoms with van der Waals surface area (Å²) in [6.45, 7) is 4.44. The van der Waals surface area contributed by atoms with Gasteiger partial charge in [-0.25, -0.2) is 0 Å². The van der Waals surface area contributed by atoms with Gasteiger partial charge in [0.2, 0.25) is 17.6 Å². The number of ether oxygens (including phenoxy) is 1. The molecule has 0 radical (unpaired) electrons. The molecule has 2 amide bonds. The highest BCUT2D eigenvalue weighted by atomic mass is 16.5. The topological polar surface area (TPSA) is 113 Å². The average Bonchev–Trinajstić information content (AvgIpc) is 3.57. The van der Waals surface area contributed by atoms with Crippen molar-refractivity contribution in [2.45, 2.75) is 44.6 Å². The van der Waals surface area contributed by atoms with Crippen LogP contribution in [0.15, 0.2) is 40.9 Å². The molecule has 9 heteroatoms. The number of nitrogens with zero attached hydrogens (tertiary/aromatic N) is 5. The maximum atomic E-state index is 12.8. The summed E-state index contributed by atoms with van der Waals surface area (Å²) in [5.74, 6) is 1.22. The second-order valence-corrected chi connectivity index (χ2v) is 10.2. The van der Waals surface area contributed by atoms with E-state index in [2.05, 4.69) is 22.3 Å². The van der Waals surface area contributed by atoms with Gasteiger partial charge in [0.25, 0.3) is 5.89 Å². The van der Waals surface area contributed by atoms with Gasteiger partial charge in [0.1, 0.15) is 11.8 Å². The molecule has 1 fully saturated rings. The van der Waals surface area contributed by atoms with E-state index in [1.807, 2.05) is 26.0 Å². The first-order chi connectivity index (χ1) is 17.7. The predicted octanol–water partition coefficient (Wildman–Crippen LogP) is 3.57. The van der Waals surface area contributed by atoms with Gasteiger partial charge in [-0.15, -0.1) is 0 Å². The smallest absolute Gasteiger partial charge is 0.258 e. The molecule has 1 atom stereocenters. The first kappa shape index (κ1) is 24.5. The van der Waals surface area contributed by atoms with Crippen molar-refractivity contribution >= 4 is 11.8 Å². The van der Waals surface area contributed by atoms with Crippen molar-refractivity contribution in [3.05, 3.63) is 53.1 Å². The van der Waals surface area contributed by atoms with Crippen molar-refractivity contribution in [3.63, 3.8) is 0 Å². The molecule has 1 aromatic heterocycles. The van der Waals surface area contributed by atoms with E-state index in [0.29, 0.717) is 41.6 Å². The molecule has 37 heavy (non-hydrogen) atoms. The Hall–Kier alpha value is -4.19. The number of rotatable bonds is 6. The molecule has 190 valence electrons. The van der Waals surface area contributed by atoms with E-state index in [4.69, 9.17) is 9.26 Å². The molecule has 0 N–H and O–H groups in total. The summed E-state index contributed by atoms with van der Waals surface area (Å²) >= 11 is 0. The van der Waals surface area contributed by atoms with E-state index in [1.165, 1.54) is 4.90 Å². The minimum atomic E-state index is -0.310. The van der Waals surface area contributed by atoms with E-state index in [-0.39, 0.29) is 29.9 Å². The third-order valence-electron chi connectivity index (χ3n) is 7.14. The number of nitriles is 1. The summed E-state index contributed by atoms with van der Waals surface area (Å²) in [5, 5.41) is 13.8. The number of hydrogen-bond acceptors (Lipinski definition) is 7. The molecule has 1 saturated heterocycles. The van der Waals surface area contributed by atoms with E-state index in [0.717, 1.165) is 29.5 Å². The number of benzene rings is 2. The lowest BCUT2D eigenvalue weighted by Gasteiger charge is -2.25. The maximum Gasteiger partial charge on any atom is 0.258 e. The van der Waals surface area contributed by atoms with Crippen molar-refractivity contribution in [2.75, 3.05) is 27.2 Å². The fourth-order valence-electron chi connectivity index (χ4n) is 5.33. The average molecular weight is 500 g/mol. The van der Waals surface area contributed by atoms with Crippen LogP contribution in [0.3, 0.4) is 0 Å². The number of aromatic nitrogens is 2. The van der Waals surface area contributed by atoms with Gasteiger partial charge in [0.15, 0.2) is 0 Å².